The molecule has 1 N–H and O–H groups in total. The van der Waals surface area contributed by atoms with E-state index in [-0.39, 0.29) is 6.61 Å². The van der Waals surface area contributed by atoms with Crippen LogP contribution < -0.4 is 0 Å². The summed E-state index contributed by atoms with van der Waals surface area (Å²) in [4.78, 5) is 0. The van der Waals surface area contributed by atoms with Crippen molar-refractivity contribution in [1.29, 1.82) is 0 Å². The number of aliphatic hydroxyl groups is 1. The van der Waals surface area contributed by atoms with E-state index in [1.54, 1.807) is 0 Å². The zero-order chi connectivity index (χ0) is 10.6. The van der Waals surface area contributed by atoms with E-state index in [0.29, 0.717) is 0 Å². The molecule has 14 heavy (non-hydrogen) atoms. The van der Waals surface area contributed by atoms with Crippen molar-refractivity contribution in [3.05, 3.63) is 35.4 Å². The van der Waals surface area contributed by atoms with Crippen LogP contribution >= 0.6 is 0 Å². The molecule has 1 aromatic carbocycles. The lowest BCUT2D eigenvalue weighted by molar-refractivity contribution is 0.281. The SMILES string of the molecule is C[Si](C)(C)C#Cc1ccccc1CO. The third kappa shape index (κ3) is 3.37. The number of benzene rings is 1. The Morgan fingerprint density at radius 1 is 1.21 bits per heavy atom. The third-order valence-corrected chi connectivity index (χ3v) is 2.63. The summed E-state index contributed by atoms with van der Waals surface area (Å²) in [6.07, 6.45) is 0. The van der Waals surface area contributed by atoms with Crippen molar-refractivity contribution >= 4 is 8.07 Å². The summed E-state index contributed by atoms with van der Waals surface area (Å²) in [5.74, 6) is 3.16. The van der Waals surface area contributed by atoms with Crippen LogP contribution in [0.25, 0.3) is 0 Å². The highest BCUT2D eigenvalue weighted by atomic mass is 28.3. The molecular formula is C12H16OSi. The van der Waals surface area contributed by atoms with E-state index >= 15 is 0 Å². The Labute approximate surface area is 86.8 Å². The van der Waals surface area contributed by atoms with Crippen LogP contribution in [0.15, 0.2) is 24.3 Å². The summed E-state index contributed by atoms with van der Waals surface area (Å²) in [7, 11) is -1.32. The van der Waals surface area contributed by atoms with Gasteiger partial charge >= 0.3 is 0 Å². The Hall–Kier alpha value is -1.04. The van der Waals surface area contributed by atoms with Crippen LogP contribution in [0, 0.1) is 11.5 Å². The number of rotatable bonds is 1. The van der Waals surface area contributed by atoms with Gasteiger partial charge in [-0.25, -0.2) is 0 Å². The van der Waals surface area contributed by atoms with Crippen molar-refractivity contribution in [3.8, 4) is 11.5 Å². The molecular weight excluding hydrogens is 188 g/mol. The van der Waals surface area contributed by atoms with Crippen LogP contribution in [0.1, 0.15) is 11.1 Å². The third-order valence-electron chi connectivity index (χ3n) is 1.76. The number of hydrogen-bond acceptors (Lipinski definition) is 1. The Bertz CT molecular complexity index is 366. The minimum atomic E-state index is -1.32. The standard InChI is InChI=1S/C12H16OSi/c1-14(2,3)9-8-11-6-4-5-7-12(11)10-13/h4-7,13H,10H2,1-3H3. The molecule has 0 spiro atoms. The molecule has 0 atom stereocenters. The molecule has 0 aromatic heterocycles. The van der Waals surface area contributed by atoms with Crippen LogP contribution in [0.4, 0.5) is 0 Å². The lowest BCUT2D eigenvalue weighted by Gasteiger charge is -2.04. The summed E-state index contributed by atoms with van der Waals surface area (Å²) in [6, 6.07) is 7.74. The zero-order valence-corrected chi connectivity index (χ0v) is 9.96. The van der Waals surface area contributed by atoms with Crippen LogP contribution in [0.5, 0.6) is 0 Å². The van der Waals surface area contributed by atoms with Crippen molar-refractivity contribution in [3.63, 3.8) is 0 Å². The first-order valence-corrected chi connectivity index (χ1v) is 8.25. The van der Waals surface area contributed by atoms with E-state index in [4.69, 9.17) is 5.11 Å². The highest BCUT2D eigenvalue weighted by Crippen LogP contribution is 2.07. The molecule has 0 saturated carbocycles. The van der Waals surface area contributed by atoms with E-state index in [1.165, 1.54) is 0 Å². The lowest BCUT2D eigenvalue weighted by Crippen LogP contribution is -2.16. The maximum absolute atomic E-state index is 9.09. The fraction of sp³-hybridized carbons (Fsp3) is 0.333. The molecule has 0 radical (unpaired) electrons. The molecule has 0 heterocycles. The van der Waals surface area contributed by atoms with Gasteiger partial charge in [0.05, 0.1) is 6.61 Å². The largest absolute Gasteiger partial charge is 0.392 e. The Balaban J connectivity index is 3.00. The number of aliphatic hydroxyl groups excluding tert-OH is 1. The van der Waals surface area contributed by atoms with Gasteiger partial charge in [-0.1, -0.05) is 43.8 Å². The highest BCUT2D eigenvalue weighted by Gasteiger charge is 2.07. The van der Waals surface area contributed by atoms with Gasteiger partial charge in [0, 0.05) is 5.56 Å². The topological polar surface area (TPSA) is 20.2 Å². The number of hydrogen-bond donors (Lipinski definition) is 1. The first-order valence-electron chi connectivity index (χ1n) is 4.75. The highest BCUT2D eigenvalue weighted by molar-refractivity contribution is 6.83. The maximum atomic E-state index is 9.09. The Kier molecular flexibility index (Phi) is 3.51. The summed E-state index contributed by atoms with van der Waals surface area (Å²) in [5.41, 5.74) is 5.16. The van der Waals surface area contributed by atoms with Crippen molar-refractivity contribution in [2.75, 3.05) is 0 Å². The summed E-state index contributed by atoms with van der Waals surface area (Å²) in [6.45, 7) is 6.70. The van der Waals surface area contributed by atoms with Crippen LogP contribution in [-0.2, 0) is 6.61 Å². The second kappa shape index (κ2) is 4.45. The van der Waals surface area contributed by atoms with E-state index < -0.39 is 8.07 Å². The van der Waals surface area contributed by atoms with Gasteiger partial charge in [-0.2, -0.15) is 0 Å². The first-order chi connectivity index (χ1) is 6.53. The van der Waals surface area contributed by atoms with Crippen LogP contribution in [0.3, 0.4) is 0 Å². The summed E-state index contributed by atoms with van der Waals surface area (Å²) >= 11 is 0. The second-order valence-electron chi connectivity index (χ2n) is 4.32. The van der Waals surface area contributed by atoms with Crippen molar-refractivity contribution in [2.45, 2.75) is 26.2 Å². The zero-order valence-electron chi connectivity index (χ0n) is 8.96. The molecule has 1 nitrogen and oxygen atoms in total. The smallest absolute Gasteiger partial charge is 0.129 e. The molecule has 2 heteroatoms. The van der Waals surface area contributed by atoms with Crippen molar-refractivity contribution in [1.82, 2.24) is 0 Å². The summed E-state index contributed by atoms with van der Waals surface area (Å²) in [5, 5.41) is 9.09. The predicted molar refractivity (Wildman–Crippen MR) is 62.6 cm³/mol. The molecule has 0 aliphatic carbocycles. The molecule has 0 saturated heterocycles. The van der Waals surface area contributed by atoms with Crippen LogP contribution in [0.2, 0.25) is 19.6 Å². The first kappa shape index (κ1) is 11.0. The predicted octanol–water partition coefficient (Wildman–Crippen LogP) is 2.41. The van der Waals surface area contributed by atoms with Gasteiger partial charge in [-0.05, 0) is 11.6 Å². The van der Waals surface area contributed by atoms with Gasteiger partial charge < -0.3 is 5.11 Å². The monoisotopic (exact) mass is 204 g/mol. The minimum absolute atomic E-state index is 0.0660. The Morgan fingerprint density at radius 3 is 2.43 bits per heavy atom. The molecule has 0 amide bonds. The Morgan fingerprint density at radius 2 is 1.86 bits per heavy atom. The second-order valence-corrected chi connectivity index (χ2v) is 9.07. The summed E-state index contributed by atoms with van der Waals surface area (Å²) < 4.78 is 0. The van der Waals surface area contributed by atoms with Gasteiger partial charge in [-0.15, -0.1) is 5.54 Å². The van der Waals surface area contributed by atoms with Crippen molar-refractivity contribution in [2.24, 2.45) is 0 Å². The molecule has 0 aliphatic rings. The molecule has 1 rings (SSSR count). The molecule has 1 aromatic rings. The molecule has 0 aliphatic heterocycles. The van der Waals surface area contributed by atoms with Gasteiger partial charge in [0.2, 0.25) is 0 Å². The minimum Gasteiger partial charge on any atom is -0.392 e. The van der Waals surface area contributed by atoms with Gasteiger partial charge in [0.25, 0.3) is 0 Å². The maximum Gasteiger partial charge on any atom is 0.129 e. The van der Waals surface area contributed by atoms with Gasteiger partial charge in [0.15, 0.2) is 0 Å². The van der Waals surface area contributed by atoms with Crippen molar-refractivity contribution < 1.29 is 5.11 Å². The molecule has 74 valence electrons. The van der Waals surface area contributed by atoms with Gasteiger partial charge in [0.1, 0.15) is 8.07 Å². The molecule has 0 unspecified atom stereocenters. The quantitative estimate of drug-likeness (QED) is 0.550. The van der Waals surface area contributed by atoms with Gasteiger partial charge in [-0.3, -0.25) is 0 Å². The lowest BCUT2D eigenvalue weighted by atomic mass is 10.1. The average Bonchev–Trinajstić information content (AvgIpc) is 2.14. The van der Waals surface area contributed by atoms with Crippen LogP contribution in [-0.4, -0.2) is 13.2 Å². The average molecular weight is 204 g/mol. The van der Waals surface area contributed by atoms with E-state index in [2.05, 4.69) is 31.1 Å². The van der Waals surface area contributed by atoms with E-state index in [0.717, 1.165) is 11.1 Å². The molecule has 0 bridgehead atoms. The molecule has 0 fully saturated rings. The van der Waals surface area contributed by atoms with E-state index in [1.807, 2.05) is 24.3 Å². The normalized spacial score (nSPS) is 10.6. The van der Waals surface area contributed by atoms with E-state index in [9.17, 15) is 0 Å². The fourth-order valence-electron chi connectivity index (χ4n) is 1.03. The fourth-order valence-corrected chi connectivity index (χ4v) is 1.54.